The zero-order valence-electron chi connectivity index (χ0n) is 10.7. The number of hydrogen-bond donors (Lipinski definition) is 1. The second-order valence-electron chi connectivity index (χ2n) is 4.24. The number of carbonyl (C=O) groups excluding carboxylic acids is 1. The van der Waals surface area contributed by atoms with E-state index in [1.807, 2.05) is 24.3 Å². The van der Waals surface area contributed by atoms with Gasteiger partial charge in [0.2, 0.25) is 0 Å². The Kier molecular flexibility index (Phi) is 4.44. The molecule has 2 atom stereocenters. The molecule has 0 radical (unpaired) electrons. The summed E-state index contributed by atoms with van der Waals surface area (Å²) in [5.74, 6) is -0.223. The SMILES string of the molecule is CO[C@H](C(=O)c1ccccc1)[C@H](O)c1ccccc1. The summed E-state index contributed by atoms with van der Waals surface area (Å²) in [7, 11) is 1.43. The molecular formula is C16H16O3. The second-order valence-corrected chi connectivity index (χ2v) is 4.24. The standard InChI is InChI=1S/C16H16O3/c1-19-16(14(17)12-8-4-2-5-9-12)15(18)13-10-6-3-7-11-13/h2-11,14,16-17H,1H3/t14-,16+/m1/s1. The minimum atomic E-state index is -0.973. The van der Waals surface area contributed by atoms with E-state index in [2.05, 4.69) is 0 Å². The number of rotatable bonds is 5. The van der Waals surface area contributed by atoms with Gasteiger partial charge in [0, 0.05) is 12.7 Å². The predicted octanol–water partition coefficient (Wildman–Crippen LogP) is 2.62. The topological polar surface area (TPSA) is 46.5 Å². The van der Waals surface area contributed by atoms with Crippen molar-refractivity contribution < 1.29 is 14.6 Å². The molecule has 0 aromatic heterocycles. The molecule has 3 heteroatoms. The average Bonchev–Trinajstić information content (AvgIpc) is 2.49. The summed E-state index contributed by atoms with van der Waals surface area (Å²) in [4.78, 5) is 12.3. The number of ether oxygens (including phenoxy) is 1. The normalized spacial score (nSPS) is 13.8. The van der Waals surface area contributed by atoms with E-state index >= 15 is 0 Å². The molecular weight excluding hydrogens is 240 g/mol. The Labute approximate surface area is 112 Å². The van der Waals surface area contributed by atoms with Crippen molar-refractivity contribution in [3.05, 3.63) is 71.8 Å². The molecule has 2 rings (SSSR count). The highest BCUT2D eigenvalue weighted by atomic mass is 16.5. The molecule has 0 saturated heterocycles. The smallest absolute Gasteiger partial charge is 0.194 e. The molecule has 0 aliphatic carbocycles. The third kappa shape index (κ3) is 3.08. The van der Waals surface area contributed by atoms with Crippen molar-refractivity contribution in [3.63, 3.8) is 0 Å². The van der Waals surface area contributed by atoms with E-state index in [1.54, 1.807) is 36.4 Å². The van der Waals surface area contributed by atoms with Crippen molar-refractivity contribution in [2.45, 2.75) is 12.2 Å². The number of hydrogen-bond acceptors (Lipinski definition) is 3. The van der Waals surface area contributed by atoms with Crippen LogP contribution in [0.25, 0.3) is 0 Å². The van der Waals surface area contributed by atoms with Gasteiger partial charge in [-0.2, -0.15) is 0 Å². The molecule has 1 N–H and O–H groups in total. The molecule has 98 valence electrons. The summed E-state index contributed by atoms with van der Waals surface area (Å²) >= 11 is 0. The molecule has 3 nitrogen and oxygen atoms in total. The Morgan fingerprint density at radius 1 is 1.00 bits per heavy atom. The van der Waals surface area contributed by atoms with Crippen LogP contribution in [0.4, 0.5) is 0 Å². The number of carbonyl (C=O) groups is 1. The highest BCUT2D eigenvalue weighted by molar-refractivity contribution is 5.99. The predicted molar refractivity (Wildman–Crippen MR) is 73.0 cm³/mol. The van der Waals surface area contributed by atoms with Crippen LogP contribution in [-0.2, 0) is 4.74 Å². The fraction of sp³-hybridized carbons (Fsp3) is 0.188. The number of benzene rings is 2. The summed E-state index contributed by atoms with van der Waals surface area (Å²) in [5.41, 5.74) is 1.20. The van der Waals surface area contributed by atoms with E-state index < -0.39 is 12.2 Å². The van der Waals surface area contributed by atoms with E-state index in [4.69, 9.17) is 4.74 Å². The van der Waals surface area contributed by atoms with Gasteiger partial charge in [-0.25, -0.2) is 0 Å². The minimum Gasteiger partial charge on any atom is -0.385 e. The third-order valence-corrected chi connectivity index (χ3v) is 3.00. The third-order valence-electron chi connectivity index (χ3n) is 3.00. The lowest BCUT2D eigenvalue weighted by Gasteiger charge is -2.20. The van der Waals surface area contributed by atoms with E-state index in [1.165, 1.54) is 7.11 Å². The van der Waals surface area contributed by atoms with Gasteiger partial charge >= 0.3 is 0 Å². The molecule has 0 heterocycles. The van der Waals surface area contributed by atoms with Gasteiger partial charge in [0.05, 0.1) is 0 Å². The maximum Gasteiger partial charge on any atom is 0.194 e. The lowest BCUT2D eigenvalue weighted by Crippen LogP contribution is -2.30. The van der Waals surface area contributed by atoms with Gasteiger partial charge in [0.15, 0.2) is 5.78 Å². The average molecular weight is 256 g/mol. The number of methoxy groups -OCH3 is 1. The fourth-order valence-electron chi connectivity index (χ4n) is 1.97. The first-order chi connectivity index (χ1) is 9.24. The Bertz CT molecular complexity index is 522. The minimum absolute atomic E-state index is 0.223. The Hall–Kier alpha value is -1.97. The van der Waals surface area contributed by atoms with Crippen LogP contribution < -0.4 is 0 Å². The first-order valence-electron chi connectivity index (χ1n) is 6.09. The van der Waals surface area contributed by atoms with Gasteiger partial charge in [-0.3, -0.25) is 4.79 Å². The molecule has 0 spiro atoms. The van der Waals surface area contributed by atoms with Crippen LogP contribution in [0.2, 0.25) is 0 Å². The van der Waals surface area contributed by atoms with Crippen LogP contribution in [0.5, 0.6) is 0 Å². The molecule has 2 aromatic carbocycles. The summed E-state index contributed by atoms with van der Waals surface area (Å²) in [6, 6.07) is 17.9. The van der Waals surface area contributed by atoms with Crippen molar-refractivity contribution in [3.8, 4) is 0 Å². The largest absolute Gasteiger partial charge is 0.385 e. The number of Topliss-reactive ketones (excluding diaryl/α,β-unsaturated/α-hetero) is 1. The van der Waals surface area contributed by atoms with Gasteiger partial charge in [-0.05, 0) is 5.56 Å². The van der Waals surface area contributed by atoms with Crippen molar-refractivity contribution in [1.29, 1.82) is 0 Å². The Morgan fingerprint density at radius 2 is 1.53 bits per heavy atom. The molecule has 0 amide bonds. The van der Waals surface area contributed by atoms with Crippen molar-refractivity contribution in [1.82, 2.24) is 0 Å². The summed E-state index contributed by atoms with van der Waals surface area (Å²) < 4.78 is 5.18. The first-order valence-corrected chi connectivity index (χ1v) is 6.09. The summed E-state index contributed by atoms with van der Waals surface area (Å²) in [5, 5.41) is 10.3. The van der Waals surface area contributed by atoms with Crippen LogP contribution in [0.1, 0.15) is 22.0 Å². The lowest BCUT2D eigenvalue weighted by molar-refractivity contribution is -0.00261. The number of ketones is 1. The highest BCUT2D eigenvalue weighted by Crippen LogP contribution is 2.21. The Morgan fingerprint density at radius 3 is 2.05 bits per heavy atom. The van der Waals surface area contributed by atoms with Gasteiger partial charge in [0.1, 0.15) is 12.2 Å². The van der Waals surface area contributed by atoms with Crippen LogP contribution in [-0.4, -0.2) is 24.1 Å². The van der Waals surface area contributed by atoms with E-state index in [0.717, 1.165) is 0 Å². The number of aliphatic hydroxyl groups excluding tert-OH is 1. The van der Waals surface area contributed by atoms with Crippen molar-refractivity contribution in [2.75, 3.05) is 7.11 Å². The zero-order valence-corrected chi connectivity index (χ0v) is 10.7. The van der Waals surface area contributed by atoms with Crippen molar-refractivity contribution in [2.24, 2.45) is 0 Å². The summed E-state index contributed by atoms with van der Waals surface area (Å²) in [6.07, 6.45) is -1.87. The molecule has 0 aliphatic rings. The van der Waals surface area contributed by atoms with Crippen LogP contribution in [0.15, 0.2) is 60.7 Å². The van der Waals surface area contributed by atoms with Gasteiger partial charge < -0.3 is 9.84 Å². The van der Waals surface area contributed by atoms with Gasteiger partial charge in [-0.1, -0.05) is 60.7 Å². The molecule has 0 saturated carbocycles. The molecule has 0 fully saturated rings. The number of aliphatic hydroxyl groups is 1. The Balaban J connectivity index is 2.23. The van der Waals surface area contributed by atoms with E-state index in [9.17, 15) is 9.90 Å². The van der Waals surface area contributed by atoms with Gasteiger partial charge in [0.25, 0.3) is 0 Å². The summed E-state index contributed by atoms with van der Waals surface area (Å²) in [6.45, 7) is 0. The lowest BCUT2D eigenvalue weighted by atomic mass is 9.97. The van der Waals surface area contributed by atoms with Crippen LogP contribution in [0, 0.1) is 0 Å². The zero-order chi connectivity index (χ0) is 13.7. The quantitative estimate of drug-likeness (QED) is 0.836. The molecule has 2 aromatic rings. The van der Waals surface area contributed by atoms with Crippen LogP contribution >= 0.6 is 0 Å². The van der Waals surface area contributed by atoms with E-state index in [0.29, 0.717) is 11.1 Å². The monoisotopic (exact) mass is 256 g/mol. The highest BCUT2D eigenvalue weighted by Gasteiger charge is 2.28. The second kappa shape index (κ2) is 6.27. The van der Waals surface area contributed by atoms with Crippen molar-refractivity contribution >= 4 is 5.78 Å². The molecule has 19 heavy (non-hydrogen) atoms. The maximum atomic E-state index is 12.3. The van der Waals surface area contributed by atoms with E-state index in [-0.39, 0.29) is 5.78 Å². The first kappa shape index (κ1) is 13.5. The van der Waals surface area contributed by atoms with Crippen LogP contribution in [0.3, 0.4) is 0 Å². The molecule has 0 aliphatic heterocycles. The van der Waals surface area contributed by atoms with Gasteiger partial charge in [-0.15, -0.1) is 0 Å². The molecule has 0 unspecified atom stereocenters. The molecule has 0 bridgehead atoms. The fourth-order valence-corrected chi connectivity index (χ4v) is 1.97. The maximum absolute atomic E-state index is 12.3.